The Hall–Kier alpha value is -3.06. The van der Waals surface area contributed by atoms with Gasteiger partial charge in [0.2, 0.25) is 0 Å². The van der Waals surface area contributed by atoms with E-state index in [0.717, 1.165) is 39.5 Å². The predicted molar refractivity (Wildman–Crippen MR) is 171 cm³/mol. The summed E-state index contributed by atoms with van der Waals surface area (Å²) >= 11 is 0. The van der Waals surface area contributed by atoms with Crippen molar-refractivity contribution in [1.29, 1.82) is 0 Å². The Kier molecular flexibility index (Phi) is 20.9. The molecule has 41 heavy (non-hydrogen) atoms. The summed E-state index contributed by atoms with van der Waals surface area (Å²) in [6.07, 6.45) is -0.600. The average Bonchev–Trinajstić information content (AvgIpc) is 2.99. The van der Waals surface area contributed by atoms with Gasteiger partial charge < -0.3 is 29.5 Å². The van der Waals surface area contributed by atoms with Gasteiger partial charge in [-0.2, -0.15) is 0 Å². The third-order valence-electron chi connectivity index (χ3n) is 5.31. The lowest BCUT2D eigenvalue weighted by molar-refractivity contribution is 0.121. The van der Waals surface area contributed by atoms with Crippen LogP contribution in [0.4, 0.5) is 0 Å². The summed E-state index contributed by atoms with van der Waals surface area (Å²) in [6, 6.07) is 21.6. The highest BCUT2D eigenvalue weighted by atomic mass is 16.5. The highest BCUT2D eigenvalue weighted by molar-refractivity contribution is 5.49. The average molecular weight is 571 g/mol. The molecule has 0 saturated heterocycles. The van der Waals surface area contributed by atoms with Crippen LogP contribution in [0.1, 0.15) is 84.6 Å². The zero-order chi connectivity index (χ0) is 31.2. The van der Waals surface area contributed by atoms with Gasteiger partial charge in [0.15, 0.2) is 0 Å². The third kappa shape index (κ3) is 14.4. The molecular weight excluding hydrogens is 516 g/mol. The molecular formula is C35H54O6. The summed E-state index contributed by atoms with van der Waals surface area (Å²) in [7, 11) is 0. The van der Waals surface area contributed by atoms with Crippen molar-refractivity contribution in [3.63, 3.8) is 0 Å². The SMILES string of the molecule is CC.CC.CC.CC(O)COc1ccccc1Cc1cccc(Cc2ccccc2OCC(C)O)c1OCC(C)O. The minimum absolute atomic E-state index is 0.171. The van der Waals surface area contributed by atoms with Crippen LogP contribution in [0.25, 0.3) is 0 Å². The molecule has 6 heteroatoms. The van der Waals surface area contributed by atoms with Crippen molar-refractivity contribution in [2.24, 2.45) is 0 Å². The van der Waals surface area contributed by atoms with Crippen molar-refractivity contribution in [2.45, 2.75) is 93.5 Å². The largest absolute Gasteiger partial charge is 0.491 e. The predicted octanol–water partition coefficient (Wildman–Crippen LogP) is 7.23. The maximum absolute atomic E-state index is 9.89. The molecule has 3 atom stereocenters. The highest BCUT2D eigenvalue weighted by Crippen LogP contribution is 2.33. The van der Waals surface area contributed by atoms with Crippen LogP contribution in [-0.2, 0) is 12.8 Å². The molecule has 230 valence electrons. The Morgan fingerprint density at radius 3 is 1.15 bits per heavy atom. The van der Waals surface area contributed by atoms with Crippen LogP contribution in [0, 0.1) is 0 Å². The summed E-state index contributed by atoms with van der Waals surface area (Å²) in [6.45, 7) is 17.7. The van der Waals surface area contributed by atoms with E-state index in [-0.39, 0.29) is 19.8 Å². The fourth-order valence-corrected chi connectivity index (χ4v) is 3.72. The summed E-state index contributed by atoms with van der Waals surface area (Å²) < 4.78 is 17.8. The summed E-state index contributed by atoms with van der Waals surface area (Å²) in [4.78, 5) is 0. The Balaban J connectivity index is 0.00000250. The van der Waals surface area contributed by atoms with Crippen molar-refractivity contribution in [3.05, 3.63) is 89.0 Å². The van der Waals surface area contributed by atoms with Crippen molar-refractivity contribution >= 4 is 0 Å². The first-order chi connectivity index (χ1) is 19.8. The van der Waals surface area contributed by atoms with Crippen LogP contribution >= 0.6 is 0 Å². The molecule has 0 saturated carbocycles. The topological polar surface area (TPSA) is 88.4 Å². The molecule has 6 nitrogen and oxygen atoms in total. The lowest BCUT2D eigenvalue weighted by atomic mass is 9.96. The van der Waals surface area contributed by atoms with Gasteiger partial charge in [0, 0.05) is 12.8 Å². The molecule has 0 aromatic heterocycles. The Bertz CT molecular complexity index is 986. The molecule has 0 aliphatic carbocycles. The van der Waals surface area contributed by atoms with Crippen LogP contribution in [0.15, 0.2) is 66.7 Å². The summed E-state index contributed by atoms with van der Waals surface area (Å²) in [5, 5.41) is 29.2. The molecule has 3 N–H and O–H groups in total. The Morgan fingerprint density at radius 2 is 0.780 bits per heavy atom. The third-order valence-corrected chi connectivity index (χ3v) is 5.31. The number of para-hydroxylation sites is 3. The van der Waals surface area contributed by atoms with Crippen LogP contribution in [-0.4, -0.2) is 53.5 Å². The normalized spacial score (nSPS) is 12.1. The molecule has 0 aliphatic heterocycles. The minimum Gasteiger partial charge on any atom is -0.491 e. The maximum atomic E-state index is 9.89. The molecule has 3 unspecified atom stereocenters. The number of hydrogen-bond donors (Lipinski definition) is 3. The first-order valence-electron chi connectivity index (χ1n) is 15.0. The standard InChI is InChI=1S/C29H36O6.3C2H6/c1-20(30)17-33-27-13-6-4-9-23(27)15-25-11-8-12-26(29(25)35-19-22(3)32)16-24-10-5-7-14-28(24)34-18-21(2)31;3*1-2/h4-14,20-22,30-32H,15-19H2,1-3H3;3*1-2H3. The van der Waals surface area contributed by atoms with E-state index in [4.69, 9.17) is 14.2 Å². The van der Waals surface area contributed by atoms with Gasteiger partial charge in [0.1, 0.15) is 37.1 Å². The van der Waals surface area contributed by atoms with E-state index in [1.54, 1.807) is 20.8 Å². The van der Waals surface area contributed by atoms with Gasteiger partial charge in [-0.25, -0.2) is 0 Å². The maximum Gasteiger partial charge on any atom is 0.126 e. The smallest absolute Gasteiger partial charge is 0.126 e. The molecule has 3 aromatic rings. The number of aliphatic hydroxyl groups excluding tert-OH is 3. The quantitative estimate of drug-likeness (QED) is 0.201. The summed E-state index contributed by atoms with van der Waals surface area (Å²) in [5.41, 5.74) is 3.90. The van der Waals surface area contributed by atoms with Gasteiger partial charge in [0.05, 0.1) is 18.3 Å². The molecule has 0 spiro atoms. The molecule has 0 heterocycles. The van der Waals surface area contributed by atoms with Gasteiger partial charge in [-0.1, -0.05) is 96.1 Å². The van der Waals surface area contributed by atoms with E-state index >= 15 is 0 Å². The second kappa shape index (κ2) is 22.6. The number of rotatable bonds is 13. The van der Waals surface area contributed by atoms with Crippen LogP contribution < -0.4 is 14.2 Å². The van der Waals surface area contributed by atoms with Crippen LogP contribution in [0.5, 0.6) is 17.2 Å². The fraction of sp³-hybridized carbons (Fsp3) is 0.486. The zero-order valence-corrected chi connectivity index (χ0v) is 26.7. The van der Waals surface area contributed by atoms with E-state index < -0.39 is 18.3 Å². The van der Waals surface area contributed by atoms with Gasteiger partial charge in [-0.05, 0) is 55.2 Å². The monoisotopic (exact) mass is 570 g/mol. The van der Waals surface area contributed by atoms with Gasteiger partial charge >= 0.3 is 0 Å². The second-order valence-electron chi connectivity index (χ2n) is 8.95. The molecule has 3 rings (SSSR count). The van der Waals surface area contributed by atoms with Gasteiger partial charge in [0.25, 0.3) is 0 Å². The number of aliphatic hydroxyl groups is 3. The van der Waals surface area contributed by atoms with Crippen molar-refractivity contribution in [3.8, 4) is 17.2 Å². The first kappa shape index (κ1) is 37.9. The molecule has 0 aliphatic rings. The Labute approximate surface area is 248 Å². The first-order valence-corrected chi connectivity index (χ1v) is 15.0. The number of ether oxygens (including phenoxy) is 3. The van der Waals surface area contributed by atoms with E-state index in [1.807, 2.05) is 108 Å². The highest BCUT2D eigenvalue weighted by Gasteiger charge is 2.16. The van der Waals surface area contributed by atoms with Crippen molar-refractivity contribution in [2.75, 3.05) is 19.8 Å². The zero-order valence-electron chi connectivity index (χ0n) is 26.7. The second-order valence-corrected chi connectivity index (χ2v) is 8.95. The number of benzene rings is 3. The minimum atomic E-state index is -0.612. The van der Waals surface area contributed by atoms with E-state index in [9.17, 15) is 15.3 Å². The molecule has 0 amide bonds. The summed E-state index contributed by atoms with van der Waals surface area (Å²) in [5.74, 6) is 2.17. The molecule has 0 fully saturated rings. The van der Waals surface area contributed by atoms with Gasteiger partial charge in [-0.15, -0.1) is 0 Å². The van der Waals surface area contributed by atoms with Gasteiger partial charge in [-0.3, -0.25) is 0 Å². The molecule has 3 aromatic carbocycles. The Morgan fingerprint density at radius 1 is 0.463 bits per heavy atom. The van der Waals surface area contributed by atoms with Crippen LogP contribution in [0.3, 0.4) is 0 Å². The molecule has 0 bridgehead atoms. The molecule has 0 radical (unpaired) electrons. The lowest BCUT2D eigenvalue weighted by Gasteiger charge is -2.19. The number of hydrogen-bond acceptors (Lipinski definition) is 6. The van der Waals surface area contributed by atoms with Crippen molar-refractivity contribution < 1.29 is 29.5 Å². The van der Waals surface area contributed by atoms with E-state index in [1.165, 1.54) is 0 Å². The van der Waals surface area contributed by atoms with E-state index in [0.29, 0.717) is 12.8 Å². The van der Waals surface area contributed by atoms with E-state index in [2.05, 4.69) is 0 Å². The lowest BCUT2D eigenvalue weighted by Crippen LogP contribution is -2.16. The van der Waals surface area contributed by atoms with Crippen LogP contribution in [0.2, 0.25) is 0 Å². The van der Waals surface area contributed by atoms with Crippen molar-refractivity contribution in [1.82, 2.24) is 0 Å². The fourth-order valence-electron chi connectivity index (χ4n) is 3.72.